The monoisotopic (exact) mass is 318 g/mol. The molecule has 3 aromatic rings. The topological polar surface area (TPSA) is 96.5 Å². The van der Waals surface area contributed by atoms with Crippen LogP contribution < -0.4 is 0 Å². The fraction of sp³-hybridized carbons (Fsp3) is 0.211. The Morgan fingerprint density at radius 1 is 1.33 bits per heavy atom. The van der Waals surface area contributed by atoms with Crippen LogP contribution in [0.25, 0.3) is 22.2 Å². The van der Waals surface area contributed by atoms with Gasteiger partial charge in [0.25, 0.3) is 0 Å². The van der Waals surface area contributed by atoms with Gasteiger partial charge in [0.1, 0.15) is 0 Å². The molecule has 24 heavy (non-hydrogen) atoms. The van der Waals surface area contributed by atoms with E-state index in [9.17, 15) is 5.11 Å². The van der Waals surface area contributed by atoms with Gasteiger partial charge in [0.2, 0.25) is 0 Å². The zero-order valence-electron chi connectivity index (χ0n) is 13.4. The molecule has 5 nitrogen and oxygen atoms in total. The summed E-state index contributed by atoms with van der Waals surface area (Å²) in [6, 6.07) is 11.1. The van der Waals surface area contributed by atoms with Gasteiger partial charge in [0, 0.05) is 29.2 Å². The van der Waals surface area contributed by atoms with Gasteiger partial charge in [0.05, 0.1) is 22.9 Å². The lowest BCUT2D eigenvalue weighted by molar-refractivity contribution is 0.460. The second-order valence-electron chi connectivity index (χ2n) is 5.80. The van der Waals surface area contributed by atoms with Crippen molar-refractivity contribution in [2.75, 3.05) is 0 Å². The third-order valence-electron chi connectivity index (χ3n) is 3.96. The van der Waals surface area contributed by atoms with E-state index in [1.807, 2.05) is 12.1 Å². The molecule has 0 spiro atoms. The van der Waals surface area contributed by atoms with Gasteiger partial charge in [-0.25, -0.2) is 0 Å². The number of nitrogens with one attached hydrogen (secondary N) is 2. The number of aromatic hydroxyl groups is 1. The van der Waals surface area contributed by atoms with Gasteiger partial charge in [-0.1, -0.05) is 19.4 Å². The normalized spacial score (nSPS) is 10.7. The Morgan fingerprint density at radius 2 is 2.17 bits per heavy atom. The highest BCUT2D eigenvalue weighted by molar-refractivity contribution is 5.98. The van der Waals surface area contributed by atoms with Crippen molar-refractivity contribution in [3.8, 4) is 23.2 Å². The average Bonchev–Trinajstić information content (AvgIpc) is 2.90. The van der Waals surface area contributed by atoms with Crippen LogP contribution in [0, 0.1) is 16.7 Å². The van der Waals surface area contributed by atoms with Gasteiger partial charge in [-0.15, -0.1) is 0 Å². The van der Waals surface area contributed by atoms with Gasteiger partial charge in [-0.3, -0.25) is 4.98 Å². The second-order valence-corrected chi connectivity index (χ2v) is 5.80. The number of pyridine rings is 1. The quantitative estimate of drug-likeness (QED) is 0.616. The maximum atomic E-state index is 10.2. The number of hydrogen-bond acceptors (Lipinski definition) is 4. The molecule has 3 rings (SSSR count). The number of hydrogen-bond donors (Lipinski definition) is 3. The molecule has 0 fully saturated rings. The summed E-state index contributed by atoms with van der Waals surface area (Å²) in [5, 5.41) is 28.0. The zero-order valence-corrected chi connectivity index (χ0v) is 13.4. The van der Waals surface area contributed by atoms with Crippen molar-refractivity contribution in [1.29, 1.82) is 10.7 Å². The number of nitrogens with zero attached hydrogens (tertiary/aromatic N) is 2. The minimum absolute atomic E-state index is 0.0408. The number of aromatic amines is 1. The van der Waals surface area contributed by atoms with Gasteiger partial charge in [-0.05, 0) is 36.2 Å². The molecule has 1 aromatic carbocycles. The van der Waals surface area contributed by atoms with E-state index in [0.717, 1.165) is 29.3 Å². The minimum Gasteiger partial charge on any atom is -0.494 e. The molecule has 0 aliphatic rings. The maximum Gasteiger partial charge on any atom is 0.199 e. The van der Waals surface area contributed by atoms with E-state index in [-0.39, 0.29) is 5.88 Å². The third kappa shape index (κ3) is 2.99. The maximum absolute atomic E-state index is 10.2. The lowest BCUT2D eigenvalue weighted by Crippen LogP contribution is -2.01. The summed E-state index contributed by atoms with van der Waals surface area (Å²) in [6.07, 6.45) is 4.10. The van der Waals surface area contributed by atoms with Crippen molar-refractivity contribution >= 4 is 16.6 Å². The molecule has 0 saturated carbocycles. The molecular formula is C19H18N4O. The van der Waals surface area contributed by atoms with E-state index in [2.05, 4.69) is 23.0 Å². The smallest absolute Gasteiger partial charge is 0.199 e. The van der Waals surface area contributed by atoms with E-state index in [1.54, 1.807) is 24.4 Å². The van der Waals surface area contributed by atoms with E-state index >= 15 is 0 Å². The molecule has 0 saturated heterocycles. The van der Waals surface area contributed by atoms with Crippen LogP contribution in [0.1, 0.15) is 30.9 Å². The summed E-state index contributed by atoms with van der Waals surface area (Å²) in [6.45, 7) is 2.06. The Balaban J connectivity index is 1.97. The summed E-state index contributed by atoms with van der Waals surface area (Å²) in [4.78, 5) is 7.35. The predicted molar refractivity (Wildman–Crippen MR) is 94.2 cm³/mol. The predicted octanol–water partition coefficient (Wildman–Crippen LogP) is 4.17. The molecule has 5 heteroatoms. The van der Waals surface area contributed by atoms with E-state index in [4.69, 9.17) is 10.7 Å². The molecule has 0 unspecified atom stereocenters. The number of fused-ring (bicyclic) bond motifs is 1. The Labute approximate surface area is 140 Å². The van der Waals surface area contributed by atoms with Crippen molar-refractivity contribution in [3.05, 3.63) is 47.7 Å². The lowest BCUT2D eigenvalue weighted by atomic mass is 10.0. The molecule has 0 aliphatic heterocycles. The molecule has 0 aliphatic carbocycles. The number of rotatable bonds is 5. The number of nitriles is 1. The first-order valence-electron chi connectivity index (χ1n) is 7.88. The highest BCUT2D eigenvalue weighted by Crippen LogP contribution is 2.35. The molecule has 0 atom stereocenters. The summed E-state index contributed by atoms with van der Waals surface area (Å²) in [7, 11) is 0. The molecule has 0 bridgehead atoms. The number of benzene rings is 1. The van der Waals surface area contributed by atoms with Gasteiger partial charge < -0.3 is 15.5 Å². The standard InChI is InChI=1S/C19H18N4O/c1-2-3-14(21)8-13-5-7-17(22-11-13)18-15-9-12(10-20)4-6-16(15)23-19(18)24/h4-7,9,11,21,23-24H,2-3,8H2,1H3. The Kier molecular flexibility index (Phi) is 4.30. The number of H-pyrrole nitrogens is 1. The SMILES string of the molecule is CCCC(=N)Cc1ccc(-c2c(O)[nH]c3ccc(C#N)cc23)nc1. The third-order valence-corrected chi connectivity index (χ3v) is 3.96. The highest BCUT2D eigenvalue weighted by atomic mass is 16.3. The Morgan fingerprint density at radius 3 is 2.83 bits per heavy atom. The molecule has 3 N–H and O–H groups in total. The van der Waals surface area contributed by atoms with Crippen molar-refractivity contribution in [1.82, 2.24) is 9.97 Å². The summed E-state index contributed by atoms with van der Waals surface area (Å²) < 4.78 is 0. The van der Waals surface area contributed by atoms with Crippen molar-refractivity contribution in [3.63, 3.8) is 0 Å². The first-order chi connectivity index (χ1) is 11.6. The van der Waals surface area contributed by atoms with Crippen molar-refractivity contribution in [2.45, 2.75) is 26.2 Å². The molecule has 0 radical (unpaired) electrons. The lowest BCUT2D eigenvalue weighted by Gasteiger charge is -2.05. The average molecular weight is 318 g/mol. The van der Waals surface area contributed by atoms with Crippen LogP contribution in [0.3, 0.4) is 0 Å². The van der Waals surface area contributed by atoms with Crippen molar-refractivity contribution < 1.29 is 5.11 Å². The number of aromatic nitrogens is 2. The Hall–Kier alpha value is -3.13. The highest BCUT2D eigenvalue weighted by Gasteiger charge is 2.14. The molecule has 120 valence electrons. The van der Waals surface area contributed by atoms with Crippen LogP contribution in [0.2, 0.25) is 0 Å². The summed E-state index contributed by atoms with van der Waals surface area (Å²) in [5.41, 5.74) is 4.20. The minimum atomic E-state index is 0.0408. The molecular weight excluding hydrogens is 300 g/mol. The first kappa shape index (κ1) is 15.8. The summed E-state index contributed by atoms with van der Waals surface area (Å²) >= 11 is 0. The fourth-order valence-corrected chi connectivity index (χ4v) is 2.82. The van der Waals surface area contributed by atoms with E-state index in [0.29, 0.717) is 29.0 Å². The second kappa shape index (κ2) is 6.55. The molecule has 2 aromatic heterocycles. The van der Waals surface area contributed by atoms with Gasteiger partial charge >= 0.3 is 0 Å². The largest absolute Gasteiger partial charge is 0.494 e. The van der Waals surface area contributed by atoms with Gasteiger partial charge in [-0.2, -0.15) is 5.26 Å². The molecule has 0 amide bonds. The van der Waals surface area contributed by atoms with Crippen LogP contribution in [-0.2, 0) is 6.42 Å². The zero-order chi connectivity index (χ0) is 17.1. The van der Waals surface area contributed by atoms with E-state index < -0.39 is 0 Å². The first-order valence-corrected chi connectivity index (χ1v) is 7.88. The van der Waals surface area contributed by atoms with Gasteiger partial charge in [0.15, 0.2) is 5.88 Å². The van der Waals surface area contributed by atoms with Crippen LogP contribution in [0.4, 0.5) is 0 Å². The van der Waals surface area contributed by atoms with E-state index in [1.165, 1.54) is 0 Å². The van der Waals surface area contributed by atoms with Crippen LogP contribution in [0.5, 0.6) is 5.88 Å². The molecule has 2 heterocycles. The summed E-state index contributed by atoms with van der Waals surface area (Å²) in [5.74, 6) is 0.0408. The van der Waals surface area contributed by atoms with Crippen LogP contribution in [-0.4, -0.2) is 20.8 Å². The van der Waals surface area contributed by atoms with Crippen LogP contribution >= 0.6 is 0 Å². The Bertz CT molecular complexity index is 932. The van der Waals surface area contributed by atoms with Crippen LogP contribution in [0.15, 0.2) is 36.5 Å². The van der Waals surface area contributed by atoms with Crippen molar-refractivity contribution in [2.24, 2.45) is 0 Å². The fourth-order valence-electron chi connectivity index (χ4n) is 2.82.